The third kappa shape index (κ3) is 3.61. The van der Waals surface area contributed by atoms with Crippen molar-refractivity contribution in [3.63, 3.8) is 0 Å². The van der Waals surface area contributed by atoms with Gasteiger partial charge in [-0.05, 0) is 61.6 Å². The van der Waals surface area contributed by atoms with Crippen molar-refractivity contribution < 1.29 is 9.59 Å². The topological polar surface area (TPSA) is 84.0 Å². The highest BCUT2D eigenvalue weighted by molar-refractivity contribution is 7.80. The highest BCUT2D eigenvalue weighted by atomic mass is 32.1. The van der Waals surface area contributed by atoms with Gasteiger partial charge in [-0.25, -0.2) is 0 Å². The van der Waals surface area contributed by atoms with Gasteiger partial charge in [0.15, 0.2) is 10.9 Å². The van der Waals surface area contributed by atoms with Crippen LogP contribution in [0.4, 0.5) is 5.69 Å². The van der Waals surface area contributed by atoms with E-state index in [4.69, 9.17) is 12.2 Å². The summed E-state index contributed by atoms with van der Waals surface area (Å²) in [5, 5.41) is 5.69. The number of rotatable bonds is 3. The zero-order chi connectivity index (χ0) is 17.1. The van der Waals surface area contributed by atoms with E-state index in [1.807, 2.05) is 0 Å². The number of thiocarbonyl (C=S) groups is 1. The molecule has 0 radical (unpaired) electrons. The molecule has 24 heavy (non-hydrogen) atoms. The number of hydrogen-bond donors (Lipinski definition) is 2. The fourth-order valence-corrected chi connectivity index (χ4v) is 2.78. The zero-order valence-corrected chi connectivity index (χ0v) is 14.2. The lowest BCUT2D eigenvalue weighted by Gasteiger charge is -2.10. The second-order valence-electron chi connectivity index (χ2n) is 5.01. The highest BCUT2D eigenvalue weighted by Crippen LogP contribution is 2.14. The maximum atomic E-state index is 12.2. The molecule has 0 aliphatic carbocycles. The van der Waals surface area contributed by atoms with E-state index in [-0.39, 0.29) is 16.8 Å². The molecule has 0 atom stereocenters. The summed E-state index contributed by atoms with van der Waals surface area (Å²) >= 11 is 6.24. The zero-order valence-electron chi connectivity index (χ0n) is 12.6. The number of aromatic nitrogens is 2. The number of carbonyl (C=O) groups is 2. The van der Waals surface area contributed by atoms with Gasteiger partial charge >= 0.3 is 0 Å². The van der Waals surface area contributed by atoms with Crippen LogP contribution in [0.1, 0.15) is 27.6 Å². The van der Waals surface area contributed by atoms with Gasteiger partial charge in [0.05, 0.1) is 11.7 Å². The van der Waals surface area contributed by atoms with Crippen molar-refractivity contribution >= 4 is 57.5 Å². The standard InChI is InChI=1S/C16H12N4O2S2/c1-9(21)10-2-5-12(6-3-10)17-16(23)18-15(22)11-4-7-13-14(8-11)20-24-19-13/h2-8H,1H3,(H2,17,18,22,23). The number of fused-ring (bicyclic) bond motifs is 1. The average Bonchev–Trinajstić information content (AvgIpc) is 3.02. The Bertz CT molecular complexity index is 935. The van der Waals surface area contributed by atoms with E-state index >= 15 is 0 Å². The van der Waals surface area contributed by atoms with Crippen molar-refractivity contribution in [3.8, 4) is 0 Å². The molecule has 6 nitrogen and oxygen atoms in total. The second kappa shape index (κ2) is 6.81. The molecule has 0 fully saturated rings. The van der Waals surface area contributed by atoms with E-state index in [0.29, 0.717) is 22.3 Å². The Labute approximate surface area is 147 Å². The summed E-state index contributed by atoms with van der Waals surface area (Å²) < 4.78 is 8.20. The number of Topliss-reactive ketones (excluding diaryl/α,β-unsaturated/α-hetero) is 1. The maximum Gasteiger partial charge on any atom is 0.257 e. The van der Waals surface area contributed by atoms with Crippen LogP contribution in [-0.4, -0.2) is 25.5 Å². The lowest BCUT2D eigenvalue weighted by Crippen LogP contribution is -2.34. The number of benzene rings is 2. The van der Waals surface area contributed by atoms with Crippen LogP contribution < -0.4 is 10.6 Å². The minimum absolute atomic E-state index is 0.00986. The first-order valence-corrected chi connectivity index (χ1v) is 8.12. The molecule has 0 spiro atoms. The Morgan fingerprint density at radius 2 is 1.67 bits per heavy atom. The molecule has 1 heterocycles. The van der Waals surface area contributed by atoms with E-state index in [2.05, 4.69) is 19.4 Å². The maximum absolute atomic E-state index is 12.2. The predicted molar refractivity (Wildman–Crippen MR) is 97.5 cm³/mol. The van der Waals surface area contributed by atoms with Crippen molar-refractivity contribution in [3.05, 3.63) is 53.6 Å². The number of anilines is 1. The van der Waals surface area contributed by atoms with Gasteiger partial charge in [0.2, 0.25) is 0 Å². The molecule has 0 aliphatic rings. The minimum Gasteiger partial charge on any atom is -0.332 e. The molecule has 3 aromatic rings. The average molecular weight is 356 g/mol. The van der Waals surface area contributed by atoms with Crippen molar-refractivity contribution in [1.82, 2.24) is 14.1 Å². The Hall–Kier alpha value is -2.71. The number of amides is 1. The Balaban J connectivity index is 1.65. The van der Waals surface area contributed by atoms with Gasteiger partial charge in [-0.15, -0.1) is 0 Å². The molecular weight excluding hydrogens is 344 g/mol. The van der Waals surface area contributed by atoms with Crippen LogP contribution in [0.2, 0.25) is 0 Å². The number of ketones is 1. The quantitative estimate of drug-likeness (QED) is 0.554. The Morgan fingerprint density at radius 3 is 2.38 bits per heavy atom. The van der Waals surface area contributed by atoms with Crippen LogP contribution in [0.5, 0.6) is 0 Å². The van der Waals surface area contributed by atoms with Crippen LogP contribution in [0.3, 0.4) is 0 Å². The Kier molecular flexibility index (Phi) is 4.59. The molecule has 1 aromatic heterocycles. The number of nitrogens with one attached hydrogen (secondary N) is 2. The molecule has 0 saturated carbocycles. The van der Waals surface area contributed by atoms with Crippen LogP contribution in [0.25, 0.3) is 11.0 Å². The van der Waals surface area contributed by atoms with Gasteiger partial charge in [-0.3, -0.25) is 14.9 Å². The third-order valence-corrected chi connectivity index (χ3v) is 4.05. The number of nitrogens with zero attached hydrogens (tertiary/aromatic N) is 2. The molecule has 0 saturated heterocycles. The van der Waals surface area contributed by atoms with Gasteiger partial charge in [-0.1, -0.05) is 0 Å². The smallest absolute Gasteiger partial charge is 0.257 e. The molecule has 8 heteroatoms. The summed E-state index contributed by atoms with van der Waals surface area (Å²) in [6.45, 7) is 1.50. The normalized spacial score (nSPS) is 10.4. The largest absolute Gasteiger partial charge is 0.332 e. The highest BCUT2D eigenvalue weighted by Gasteiger charge is 2.10. The molecule has 0 bridgehead atoms. The lowest BCUT2D eigenvalue weighted by molar-refractivity contribution is 0.0976. The minimum atomic E-state index is -0.331. The number of hydrogen-bond acceptors (Lipinski definition) is 6. The summed E-state index contributed by atoms with van der Waals surface area (Å²) in [7, 11) is 0. The van der Waals surface area contributed by atoms with E-state index in [1.165, 1.54) is 6.92 Å². The van der Waals surface area contributed by atoms with Crippen LogP contribution in [0, 0.1) is 0 Å². The monoisotopic (exact) mass is 356 g/mol. The van der Waals surface area contributed by atoms with Crippen molar-refractivity contribution in [2.24, 2.45) is 0 Å². The van der Waals surface area contributed by atoms with Gasteiger partial charge in [-0.2, -0.15) is 8.75 Å². The van der Waals surface area contributed by atoms with E-state index in [0.717, 1.165) is 17.2 Å². The molecule has 120 valence electrons. The SMILES string of the molecule is CC(=O)c1ccc(NC(=S)NC(=O)c2ccc3nsnc3c2)cc1. The Morgan fingerprint density at radius 1 is 1.00 bits per heavy atom. The van der Waals surface area contributed by atoms with Gasteiger partial charge < -0.3 is 5.32 Å². The van der Waals surface area contributed by atoms with Gasteiger partial charge in [0, 0.05) is 16.8 Å². The first kappa shape index (κ1) is 16.2. The van der Waals surface area contributed by atoms with Gasteiger partial charge in [0.1, 0.15) is 11.0 Å². The summed E-state index contributed by atoms with van der Waals surface area (Å²) in [4.78, 5) is 23.5. The second-order valence-corrected chi connectivity index (χ2v) is 5.95. The summed E-state index contributed by atoms with van der Waals surface area (Å²) in [6.07, 6.45) is 0. The number of carbonyl (C=O) groups excluding carboxylic acids is 2. The van der Waals surface area contributed by atoms with Crippen molar-refractivity contribution in [2.75, 3.05) is 5.32 Å². The molecule has 2 aromatic carbocycles. The summed E-state index contributed by atoms with van der Waals surface area (Å²) in [5.74, 6) is -0.341. The molecule has 3 rings (SSSR count). The predicted octanol–water partition coefficient (Wildman–Crippen LogP) is 3.02. The lowest BCUT2D eigenvalue weighted by atomic mass is 10.1. The first-order chi connectivity index (χ1) is 11.5. The van der Waals surface area contributed by atoms with E-state index < -0.39 is 0 Å². The molecular formula is C16H12N4O2S2. The van der Waals surface area contributed by atoms with Crippen LogP contribution in [0.15, 0.2) is 42.5 Å². The summed E-state index contributed by atoms with van der Waals surface area (Å²) in [5.41, 5.74) is 3.17. The van der Waals surface area contributed by atoms with Crippen LogP contribution in [-0.2, 0) is 0 Å². The van der Waals surface area contributed by atoms with Crippen molar-refractivity contribution in [1.29, 1.82) is 0 Å². The first-order valence-electron chi connectivity index (χ1n) is 6.98. The summed E-state index contributed by atoms with van der Waals surface area (Å²) in [6, 6.07) is 11.9. The molecule has 0 aliphatic heterocycles. The van der Waals surface area contributed by atoms with Crippen molar-refractivity contribution in [2.45, 2.75) is 6.92 Å². The van der Waals surface area contributed by atoms with E-state index in [1.54, 1.807) is 42.5 Å². The van der Waals surface area contributed by atoms with E-state index in [9.17, 15) is 9.59 Å². The molecule has 1 amide bonds. The fourth-order valence-electron chi connectivity index (χ4n) is 2.05. The molecule has 0 unspecified atom stereocenters. The third-order valence-electron chi connectivity index (χ3n) is 3.29. The fraction of sp³-hybridized carbons (Fsp3) is 0.0625. The van der Waals surface area contributed by atoms with Crippen LogP contribution >= 0.6 is 23.9 Å². The van der Waals surface area contributed by atoms with Gasteiger partial charge in [0.25, 0.3) is 5.91 Å². The molecule has 2 N–H and O–H groups in total.